The van der Waals surface area contributed by atoms with Gasteiger partial charge >= 0.3 is 6.18 Å². The van der Waals surface area contributed by atoms with Crippen LogP contribution in [-0.4, -0.2) is 17.2 Å². The lowest BCUT2D eigenvalue weighted by atomic mass is 10.0. The zero-order valence-electron chi connectivity index (χ0n) is 11.4. The molecule has 1 atom stereocenters. The van der Waals surface area contributed by atoms with Gasteiger partial charge in [-0.2, -0.15) is 13.2 Å². The number of pyridine rings is 1. The van der Waals surface area contributed by atoms with Crippen molar-refractivity contribution in [2.24, 2.45) is 18.5 Å². The predicted molar refractivity (Wildman–Crippen MR) is 74.9 cm³/mol. The third kappa shape index (κ3) is 3.08. The molecular formula is C14H16F3N3O. The fourth-order valence-corrected chi connectivity index (χ4v) is 2.28. The molecule has 0 spiro atoms. The number of halogens is 3. The summed E-state index contributed by atoms with van der Waals surface area (Å²) in [5.74, 6) is 0. The molecule has 0 saturated heterocycles. The number of nitrogens with two attached hydrogens (primary N) is 2. The van der Waals surface area contributed by atoms with E-state index in [0.29, 0.717) is 12.5 Å². The Bertz CT molecular complexity index is 722. The summed E-state index contributed by atoms with van der Waals surface area (Å²) in [7, 11) is 1.29. The van der Waals surface area contributed by atoms with Crippen LogP contribution in [0.3, 0.4) is 0 Å². The average molecular weight is 299 g/mol. The Labute approximate surface area is 119 Å². The first-order valence-corrected chi connectivity index (χ1v) is 6.39. The molecule has 2 aromatic rings. The molecule has 1 heterocycles. The van der Waals surface area contributed by atoms with E-state index in [2.05, 4.69) is 0 Å². The summed E-state index contributed by atoms with van der Waals surface area (Å²) >= 11 is 0. The van der Waals surface area contributed by atoms with Crippen molar-refractivity contribution in [1.29, 1.82) is 0 Å². The van der Waals surface area contributed by atoms with Crippen LogP contribution in [0.5, 0.6) is 0 Å². The fraction of sp³-hybridized carbons (Fsp3) is 0.357. The van der Waals surface area contributed by atoms with Gasteiger partial charge in [0.2, 0.25) is 0 Å². The van der Waals surface area contributed by atoms with Crippen LogP contribution < -0.4 is 16.9 Å². The van der Waals surface area contributed by atoms with Crippen LogP contribution in [-0.2, 0) is 19.6 Å². The van der Waals surface area contributed by atoms with Crippen LogP contribution >= 0.6 is 0 Å². The summed E-state index contributed by atoms with van der Waals surface area (Å²) in [5.41, 5.74) is 10.5. The average Bonchev–Trinajstić information content (AvgIpc) is 2.41. The molecule has 7 heteroatoms. The van der Waals surface area contributed by atoms with Gasteiger partial charge in [0, 0.05) is 31.1 Å². The van der Waals surface area contributed by atoms with E-state index in [-0.39, 0.29) is 23.5 Å². The smallest absolute Gasteiger partial charge is 0.340 e. The monoisotopic (exact) mass is 299 g/mol. The summed E-state index contributed by atoms with van der Waals surface area (Å²) in [5, 5.41) is 0.246. The lowest BCUT2D eigenvalue weighted by Gasteiger charge is -2.16. The molecule has 1 aromatic carbocycles. The first kappa shape index (κ1) is 15.5. The second kappa shape index (κ2) is 5.50. The number of fused-ring (bicyclic) bond motifs is 1. The molecule has 0 fully saturated rings. The minimum Gasteiger partial charge on any atom is -0.340 e. The van der Waals surface area contributed by atoms with Gasteiger partial charge < -0.3 is 16.0 Å². The van der Waals surface area contributed by atoms with Crippen molar-refractivity contribution in [1.82, 2.24) is 4.57 Å². The zero-order valence-corrected chi connectivity index (χ0v) is 11.4. The Morgan fingerprint density at radius 3 is 2.52 bits per heavy atom. The molecular weight excluding hydrogens is 283 g/mol. The van der Waals surface area contributed by atoms with E-state index >= 15 is 0 Å². The molecule has 4 nitrogen and oxygen atoms in total. The first-order valence-electron chi connectivity index (χ1n) is 6.39. The highest BCUT2D eigenvalue weighted by Gasteiger charge is 2.34. The Balaban J connectivity index is 2.65. The van der Waals surface area contributed by atoms with Crippen molar-refractivity contribution in [3.05, 3.63) is 45.7 Å². The molecule has 4 N–H and O–H groups in total. The van der Waals surface area contributed by atoms with E-state index in [9.17, 15) is 18.0 Å². The van der Waals surface area contributed by atoms with Crippen molar-refractivity contribution in [3.8, 4) is 0 Å². The molecule has 0 aliphatic heterocycles. The standard InChI is InChI=1S/C14H16F3N3O/c1-20-11-5-8(4-9(19)7-18)2-3-10(11)12(21)6-13(20)14(15,16)17/h2-3,5-6,9H,4,7,18-19H2,1H3/t9-/m1/s1. The maximum atomic E-state index is 12.9. The van der Waals surface area contributed by atoms with Crippen LogP contribution in [0, 0.1) is 0 Å². The number of hydrogen-bond acceptors (Lipinski definition) is 3. The van der Waals surface area contributed by atoms with Crippen molar-refractivity contribution >= 4 is 10.9 Å². The van der Waals surface area contributed by atoms with Crippen molar-refractivity contribution in [3.63, 3.8) is 0 Å². The predicted octanol–water partition coefficient (Wildman–Crippen LogP) is 1.39. The molecule has 1 aromatic heterocycles. The highest BCUT2D eigenvalue weighted by Crippen LogP contribution is 2.29. The number of aryl methyl sites for hydroxylation is 1. The maximum absolute atomic E-state index is 12.9. The third-order valence-corrected chi connectivity index (χ3v) is 3.41. The van der Waals surface area contributed by atoms with Gasteiger partial charge in [-0.25, -0.2) is 0 Å². The number of rotatable bonds is 3. The van der Waals surface area contributed by atoms with Gasteiger partial charge in [0.1, 0.15) is 5.69 Å². The summed E-state index contributed by atoms with van der Waals surface area (Å²) < 4.78 is 39.8. The molecule has 0 aliphatic carbocycles. The second-order valence-electron chi connectivity index (χ2n) is 5.00. The Morgan fingerprint density at radius 1 is 1.29 bits per heavy atom. The molecule has 0 radical (unpaired) electrons. The SMILES string of the molecule is Cn1c(C(F)(F)F)cc(=O)c2ccc(C[C@@H](N)CN)cc21. The number of alkyl halides is 3. The molecule has 0 bridgehead atoms. The van der Waals surface area contributed by atoms with E-state index in [1.165, 1.54) is 13.1 Å². The molecule has 2 rings (SSSR count). The van der Waals surface area contributed by atoms with Crippen LogP contribution in [0.4, 0.5) is 13.2 Å². The number of aromatic nitrogens is 1. The minimum atomic E-state index is -4.58. The largest absolute Gasteiger partial charge is 0.431 e. The first-order chi connectivity index (χ1) is 9.74. The summed E-state index contributed by atoms with van der Waals surface area (Å²) in [6.45, 7) is 0.277. The van der Waals surface area contributed by atoms with E-state index in [1.807, 2.05) is 0 Å². The van der Waals surface area contributed by atoms with Crippen molar-refractivity contribution in [2.75, 3.05) is 6.54 Å². The van der Waals surface area contributed by atoms with Crippen LogP contribution in [0.2, 0.25) is 0 Å². The quantitative estimate of drug-likeness (QED) is 0.899. The van der Waals surface area contributed by atoms with Gasteiger partial charge in [0.05, 0.1) is 5.52 Å². The van der Waals surface area contributed by atoms with Crippen LogP contribution in [0.1, 0.15) is 11.3 Å². The van der Waals surface area contributed by atoms with Gasteiger partial charge in [-0.3, -0.25) is 4.79 Å². The summed E-state index contributed by atoms with van der Waals surface area (Å²) in [6, 6.07) is 5.11. The highest BCUT2D eigenvalue weighted by atomic mass is 19.4. The molecule has 0 amide bonds. The lowest BCUT2D eigenvalue weighted by Crippen LogP contribution is -2.31. The minimum absolute atomic E-state index is 0.233. The van der Waals surface area contributed by atoms with Gasteiger partial charge in [0.15, 0.2) is 5.43 Å². The van der Waals surface area contributed by atoms with E-state index < -0.39 is 17.3 Å². The number of benzene rings is 1. The normalized spacial score (nSPS) is 13.6. The Morgan fingerprint density at radius 2 is 1.95 bits per heavy atom. The van der Waals surface area contributed by atoms with Crippen LogP contribution in [0.25, 0.3) is 10.9 Å². The van der Waals surface area contributed by atoms with Crippen LogP contribution in [0.15, 0.2) is 29.1 Å². The number of hydrogen-bond donors (Lipinski definition) is 2. The maximum Gasteiger partial charge on any atom is 0.431 e. The molecule has 0 aliphatic rings. The third-order valence-electron chi connectivity index (χ3n) is 3.41. The van der Waals surface area contributed by atoms with Crippen molar-refractivity contribution < 1.29 is 13.2 Å². The Hall–Kier alpha value is -1.86. The molecule has 0 saturated carbocycles. The Kier molecular flexibility index (Phi) is 4.06. The van der Waals surface area contributed by atoms with Gasteiger partial charge in [-0.1, -0.05) is 6.07 Å². The molecule has 114 valence electrons. The van der Waals surface area contributed by atoms with Gasteiger partial charge in [0.25, 0.3) is 0 Å². The van der Waals surface area contributed by atoms with Gasteiger partial charge in [-0.05, 0) is 24.1 Å². The summed E-state index contributed by atoms with van der Waals surface area (Å²) in [6.07, 6.45) is -4.14. The zero-order chi connectivity index (χ0) is 15.8. The second-order valence-corrected chi connectivity index (χ2v) is 5.00. The van der Waals surface area contributed by atoms with Gasteiger partial charge in [-0.15, -0.1) is 0 Å². The topological polar surface area (TPSA) is 74.0 Å². The molecule has 0 unspecified atom stereocenters. The fourth-order valence-electron chi connectivity index (χ4n) is 2.28. The van der Waals surface area contributed by atoms with E-state index in [0.717, 1.165) is 10.1 Å². The van der Waals surface area contributed by atoms with E-state index in [1.54, 1.807) is 12.1 Å². The molecule has 21 heavy (non-hydrogen) atoms. The van der Waals surface area contributed by atoms with E-state index in [4.69, 9.17) is 11.5 Å². The number of nitrogens with zero attached hydrogens (tertiary/aromatic N) is 1. The van der Waals surface area contributed by atoms with Crippen molar-refractivity contribution in [2.45, 2.75) is 18.6 Å². The lowest BCUT2D eigenvalue weighted by molar-refractivity contribution is -0.143. The highest BCUT2D eigenvalue weighted by molar-refractivity contribution is 5.80. The summed E-state index contributed by atoms with van der Waals surface area (Å²) in [4.78, 5) is 11.8.